The van der Waals surface area contributed by atoms with Gasteiger partial charge in [0.15, 0.2) is 0 Å². The monoisotopic (exact) mass is 168 g/mol. The molecule has 6 heavy (non-hydrogen) atoms. The van der Waals surface area contributed by atoms with Crippen LogP contribution < -0.4 is 0 Å². The first kappa shape index (κ1) is 43.6. The van der Waals surface area contributed by atoms with Gasteiger partial charge in [0.25, 0.3) is 0 Å². The average Bonchev–Trinajstić information content (AvgIpc) is 1.00. The van der Waals surface area contributed by atoms with Gasteiger partial charge < -0.3 is 5.48 Å². The SMILES string of the molecule is O.[Cu].[LiH].[LiH].[O]=[Mn]. The van der Waals surface area contributed by atoms with E-state index < -0.39 is 0 Å². The molecule has 1 radical (unpaired) electrons. The molecule has 0 aliphatic rings. The van der Waals surface area contributed by atoms with Crippen molar-refractivity contribution in [3.63, 3.8) is 0 Å². The van der Waals surface area contributed by atoms with Gasteiger partial charge in [0.05, 0.1) is 0 Å². The summed E-state index contributed by atoms with van der Waals surface area (Å²) in [6.07, 6.45) is 0. The normalized spacial score (nSPS) is 0.667. The van der Waals surface area contributed by atoms with Gasteiger partial charge in [0.2, 0.25) is 0 Å². The quantitative estimate of drug-likeness (QED) is 0.377. The van der Waals surface area contributed by atoms with Crippen LogP contribution in [-0.4, -0.2) is 43.2 Å². The van der Waals surface area contributed by atoms with Crippen molar-refractivity contribution in [1.82, 2.24) is 0 Å². The molecule has 0 aliphatic carbocycles. The van der Waals surface area contributed by atoms with Crippen LogP contribution in [0.2, 0.25) is 0 Å². The molecular weight excluding hydrogens is 164 g/mol. The van der Waals surface area contributed by atoms with E-state index in [4.69, 9.17) is 3.83 Å². The molecule has 0 saturated carbocycles. The molecule has 0 amide bonds. The van der Waals surface area contributed by atoms with E-state index in [2.05, 4.69) is 0 Å². The van der Waals surface area contributed by atoms with Crippen LogP contribution in [0.3, 0.4) is 0 Å². The zero-order valence-corrected chi connectivity index (χ0v) is 3.71. The molecule has 2 N–H and O–H groups in total. The van der Waals surface area contributed by atoms with Crippen LogP contribution in [-0.2, 0) is 36.8 Å². The Morgan fingerprint density at radius 3 is 1.00 bits per heavy atom. The summed E-state index contributed by atoms with van der Waals surface area (Å²) in [4.78, 5) is 0. The molecule has 2 nitrogen and oxygen atoms in total. The van der Waals surface area contributed by atoms with Gasteiger partial charge in [0.1, 0.15) is 0 Å². The molecule has 36 valence electrons. The van der Waals surface area contributed by atoms with Crippen molar-refractivity contribution >= 4 is 37.7 Å². The molecule has 0 rings (SSSR count). The second-order valence-corrected chi connectivity index (χ2v) is 0. The summed E-state index contributed by atoms with van der Waals surface area (Å²) in [5.41, 5.74) is 0. The van der Waals surface area contributed by atoms with E-state index in [1.165, 1.54) is 0 Å². The molecular formula is H4CuLi2MnO2. The minimum absolute atomic E-state index is 0. The van der Waals surface area contributed by atoms with Crippen LogP contribution in [0.15, 0.2) is 0 Å². The van der Waals surface area contributed by atoms with Crippen LogP contribution >= 0.6 is 0 Å². The van der Waals surface area contributed by atoms with Gasteiger partial charge in [-0.25, -0.2) is 0 Å². The number of hydrogen-bond acceptors (Lipinski definition) is 1. The van der Waals surface area contributed by atoms with Gasteiger partial charge in [-0.05, 0) is 0 Å². The van der Waals surface area contributed by atoms with E-state index in [9.17, 15) is 0 Å². The summed E-state index contributed by atoms with van der Waals surface area (Å²) in [5, 5.41) is 0. The third kappa shape index (κ3) is 37.6. The van der Waals surface area contributed by atoms with Crippen molar-refractivity contribution < 1.29 is 42.3 Å². The Bertz CT molecular complexity index is 11.5. The van der Waals surface area contributed by atoms with Crippen LogP contribution in [0.25, 0.3) is 0 Å². The summed E-state index contributed by atoms with van der Waals surface area (Å²) >= 11 is 1.69. The Hall–Kier alpha value is 1.99. The Morgan fingerprint density at radius 1 is 1.00 bits per heavy atom. The Labute approximate surface area is 79.4 Å². The van der Waals surface area contributed by atoms with E-state index in [0.717, 1.165) is 0 Å². The predicted molar refractivity (Wildman–Crippen MR) is 18.6 cm³/mol. The summed E-state index contributed by atoms with van der Waals surface area (Å²) < 4.78 is 8.06. The van der Waals surface area contributed by atoms with Crippen molar-refractivity contribution in [2.24, 2.45) is 0 Å². The molecule has 0 spiro atoms. The second-order valence-electron chi connectivity index (χ2n) is 0. The molecule has 0 atom stereocenters. The predicted octanol–water partition coefficient (Wildman–Crippen LogP) is -2.25. The first-order valence-electron chi connectivity index (χ1n) is 0.154. The third-order valence-electron chi connectivity index (χ3n) is 0. The fourth-order valence-corrected chi connectivity index (χ4v) is 0. The molecule has 0 unspecified atom stereocenters. The summed E-state index contributed by atoms with van der Waals surface area (Å²) in [7, 11) is 0. The molecule has 6 heteroatoms. The number of hydrogen-bond donors (Lipinski definition) is 0. The van der Waals surface area contributed by atoms with E-state index in [-0.39, 0.29) is 60.3 Å². The van der Waals surface area contributed by atoms with Gasteiger partial charge in [-0.2, -0.15) is 0 Å². The Balaban J connectivity index is -0.000000000833. The van der Waals surface area contributed by atoms with Crippen molar-refractivity contribution in [3.05, 3.63) is 0 Å². The van der Waals surface area contributed by atoms with E-state index in [0.29, 0.717) is 0 Å². The zero-order chi connectivity index (χ0) is 2.00. The van der Waals surface area contributed by atoms with Crippen LogP contribution in [0, 0.1) is 0 Å². The third-order valence-corrected chi connectivity index (χ3v) is 0. The molecule has 0 aromatic rings. The van der Waals surface area contributed by atoms with Crippen molar-refractivity contribution in [2.45, 2.75) is 0 Å². The molecule has 0 bridgehead atoms. The van der Waals surface area contributed by atoms with Crippen LogP contribution in [0.4, 0.5) is 0 Å². The second kappa shape index (κ2) is 63.2. The van der Waals surface area contributed by atoms with Gasteiger partial charge >= 0.3 is 57.5 Å². The first-order chi connectivity index (χ1) is 1.00. The molecule has 0 aliphatic heterocycles. The maximum absolute atomic E-state index is 8.06. The first-order valence-corrected chi connectivity index (χ1v) is 0.636. The van der Waals surface area contributed by atoms with E-state index in [1.54, 1.807) is 15.9 Å². The Kier molecular flexibility index (Phi) is 460. The number of rotatable bonds is 0. The van der Waals surface area contributed by atoms with Crippen molar-refractivity contribution in [3.8, 4) is 0 Å². The molecule has 0 fully saturated rings. The molecule has 0 saturated heterocycles. The van der Waals surface area contributed by atoms with Gasteiger partial charge in [-0.3, -0.25) is 0 Å². The standard InChI is InChI=1S/Cu.2Li.Mn.H2O.O.2H/h;;;;1H2;;;. The van der Waals surface area contributed by atoms with Gasteiger partial charge in [-0.1, -0.05) is 0 Å². The molecule has 0 aromatic carbocycles. The summed E-state index contributed by atoms with van der Waals surface area (Å²) in [5.74, 6) is 0. The fourth-order valence-electron chi connectivity index (χ4n) is 0. The van der Waals surface area contributed by atoms with E-state index >= 15 is 0 Å². The van der Waals surface area contributed by atoms with Crippen LogP contribution in [0.1, 0.15) is 0 Å². The zero-order valence-electron chi connectivity index (χ0n) is 1.59. The van der Waals surface area contributed by atoms with E-state index in [1.807, 2.05) is 0 Å². The molecule has 0 aromatic heterocycles. The van der Waals surface area contributed by atoms with Crippen LogP contribution in [0.5, 0.6) is 0 Å². The maximum atomic E-state index is 8.06. The topological polar surface area (TPSA) is 48.6 Å². The Morgan fingerprint density at radius 2 is 1.00 bits per heavy atom. The van der Waals surface area contributed by atoms with Gasteiger partial charge in [0, 0.05) is 17.1 Å². The fraction of sp³-hybridized carbons (Fsp3) is 0. The average molecular weight is 168 g/mol. The van der Waals surface area contributed by atoms with Crippen molar-refractivity contribution in [2.75, 3.05) is 0 Å². The summed E-state index contributed by atoms with van der Waals surface area (Å²) in [6.45, 7) is 0. The minimum atomic E-state index is 0. The summed E-state index contributed by atoms with van der Waals surface area (Å²) in [6, 6.07) is 0. The molecule has 0 heterocycles. The van der Waals surface area contributed by atoms with Gasteiger partial charge in [-0.15, -0.1) is 0 Å². The van der Waals surface area contributed by atoms with Crippen molar-refractivity contribution in [1.29, 1.82) is 0 Å².